The summed E-state index contributed by atoms with van der Waals surface area (Å²) < 4.78 is 7.77. The molecule has 2 N–H and O–H groups in total. The van der Waals surface area contributed by atoms with Crippen molar-refractivity contribution in [2.75, 3.05) is 33.4 Å². The van der Waals surface area contributed by atoms with E-state index >= 15 is 0 Å². The Morgan fingerprint density at radius 1 is 1.48 bits per heavy atom. The van der Waals surface area contributed by atoms with E-state index in [-0.39, 0.29) is 6.04 Å². The average molecular weight is 292 g/mol. The van der Waals surface area contributed by atoms with Gasteiger partial charge in [-0.1, -0.05) is 6.92 Å². The number of hydrogen-bond acceptors (Lipinski definition) is 4. The number of ether oxygens (including phenoxy) is 1. The normalized spacial score (nSPS) is 27.9. The van der Waals surface area contributed by atoms with Crippen molar-refractivity contribution in [3.05, 3.63) is 18.2 Å². The first-order chi connectivity index (χ1) is 10.1. The summed E-state index contributed by atoms with van der Waals surface area (Å²) in [5, 5.41) is 0. The SMILES string of the molecule is CN1CCC(C)(Cn2cncc2C(N)C2CCOC2)CC1. The van der Waals surface area contributed by atoms with Crippen LogP contribution in [0.1, 0.15) is 37.9 Å². The molecule has 5 heteroatoms. The van der Waals surface area contributed by atoms with Crippen LogP contribution in [0.5, 0.6) is 0 Å². The summed E-state index contributed by atoms with van der Waals surface area (Å²) in [7, 11) is 2.21. The molecule has 1 aromatic heterocycles. The van der Waals surface area contributed by atoms with Gasteiger partial charge < -0.3 is 19.9 Å². The van der Waals surface area contributed by atoms with Crippen LogP contribution in [-0.4, -0.2) is 47.8 Å². The van der Waals surface area contributed by atoms with Crippen LogP contribution in [0.15, 0.2) is 12.5 Å². The summed E-state index contributed by atoms with van der Waals surface area (Å²) in [6, 6.07) is 0.0462. The number of piperidine rings is 1. The average Bonchev–Trinajstić information content (AvgIpc) is 3.13. The number of nitrogens with two attached hydrogens (primary N) is 1. The Labute approximate surface area is 127 Å². The third-order valence-electron chi connectivity index (χ3n) is 5.31. The maximum atomic E-state index is 6.47. The summed E-state index contributed by atoms with van der Waals surface area (Å²) in [6.07, 6.45) is 7.44. The first kappa shape index (κ1) is 15.0. The number of nitrogens with zero attached hydrogens (tertiary/aromatic N) is 3. The first-order valence-corrected chi connectivity index (χ1v) is 8.09. The molecule has 3 heterocycles. The van der Waals surface area contributed by atoms with Crippen molar-refractivity contribution in [3.8, 4) is 0 Å². The molecule has 0 aliphatic carbocycles. The van der Waals surface area contributed by atoms with Crippen LogP contribution in [0.3, 0.4) is 0 Å². The predicted octanol–water partition coefficient (Wildman–Crippen LogP) is 1.65. The van der Waals surface area contributed by atoms with Gasteiger partial charge in [0, 0.05) is 25.3 Å². The fourth-order valence-electron chi connectivity index (χ4n) is 3.55. The van der Waals surface area contributed by atoms with Gasteiger partial charge in [-0.15, -0.1) is 0 Å². The molecule has 5 nitrogen and oxygen atoms in total. The van der Waals surface area contributed by atoms with Crippen molar-refractivity contribution in [2.45, 2.75) is 38.8 Å². The van der Waals surface area contributed by atoms with Crippen LogP contribution in [0, 0.1) is 11.3 Å². The van der Waals surface area contributed by atoms with Crippen molar-refractivity contribution in [1.82, 2.24) is 14.5 Å². The lowest BCUT2D eigenvalue weighted by Gasteiger charge is -2.38. The summed E-state index contributed by atoms with van der Waals surface area (Å²) in [5.74, 6) is 0.436. The van der Waals surface area contributed by atoms with E-state index in [2.05, 4.69) is 28.4 Å². The van der Waals surface area contributed by atoms with Crippen LogP contribution in [0.4, 0.5) is 0 Å². The van der Waals surface area contributed by atoms with E-state index in [0.717, 1.165) is 26.2 Å². The lowest BCUT2D eigenvalue weighted by molar-refractivity contribution is 0.118. The molecule has 2 fully saturated rings. The maximum Gasteiger partial charge on any atom is 0.0948 e. The highest BCUT2D eigenvalue weighted by molar-refractivity contribution is 5.08. The molecule has 21 heavy (non-hydrogen) atoms. The monoisotopic (exact) mass is 292 g/mol. The van der Waals surface area contributed by atoms with E-state index in [9.17, 15) is 0 Å². The molecule has 0 aromatic carbocycles. The minimum absolute atomic E-state index is 0.0462. The van der Waals surface area contributed by atoms with Gasteiger partial charge in [-0.05, 0) is 44.8 Å². The van der Waals surface area contributed by atoms with Gasteiger partial charge in [0.25, 0.3) is 0 Å². The largest absolute Gasteiger partial charge is 0.381 e. The maximum absolute atomic E-state index is 6.47. The minimum Gasteiger partial charge on any atom is -0.381 e. The van der Waals surface area contributed by atoms with E-state index in [1.807, 2.05) is 12.5 Å². The highest BCUT2D eigenvalue weighted by atomic mass is 16.5. The quantitative estimate of drug-likeness (QED) is 0.917. The van der Waals surface area contributed by atoms with E-state index < -0.39 is 0 Å². The number of aromatic nitrogens is 2. The Morgan fingerprint density at radius 3 is 2.90 bits per heavy atom. The van der Waals surface area contributed by atoms with Crippen LogP contribution >= 0.6 is 0 Å². The summed E-state index contributed by atoms with van der Waals surface area (Å²) in [4.78, 5) is 6.77. The lowest BCUT2D eigenvalue weighted by Crippen LogP contribution is -2.39. The van der Waals surface area contributed by atoms with Gasteiger partial charge in [0.15, 0.2) is 0 Å². The van der Waals surface area contributed by atoms with E-state index in [0.29, 0.717) is 11.3 Å². The Kier molecular flexibility index (Phi) is 4.33. The molecule has 2 aliphatic rings. The molecular formula is C16H28N4O. The fraction of sp³-hybridized carbons (Fsp3) is 0.812. The number of rotatable bonds is 4. The summed E-state index contributed by atoms with van der Waals surface area (Å²) in [6.45, 7) is 7.42. The Balaban J connectivity index is 1.70. The zero-order chi connectivity index (χ0) is 14.9. The van der Waals surface area contributed by atoms with Gasteiger partial charge in [-0.25, -0.2) is 4.98 Å². The second-order valence-corrected chi connectivity index (χ2v) is 7.21. The molecule has 0 saturated carbocycles. The van der Waals surface area contributed by atoms with Crippen LogP contribution in [0.25, 0.3) is 0 Å². The standard InChI is InChI=1S/C16H28N4O/c1-16(4-6-19(2)7-5-16)11-20-12-18-9-14(20)15(17)13-3-8-21-10-13/h9,12-13,15H,3-8,10-11,17H2,1-2H3. The van der Waals surface area contributed by atoms with Gasteiger partial charge in [0.05, 0.1) is 24.7 Å². The van der Waals surface area contributed by atoms with Gasteiger partial charge in [0.1, 0.15) is 0 Å². The smallest absolute Gasteiger partial charge is 0.0948 e. The molecular weight excluding hydrogens is 264 g/mol. The zero-order valence-electron chi connectivity index (χ0n) is 13.3. The van der Waals surface area contributed by atoms with Gasteiger partial charge in [-0.2, -0.15) is 0 Å². The number of imidazole rings is 1. The summed E-state index contributed by atoms with van der Waals surface area (Å²) in [5.41, 5.74) is 7.99. The molecule has 0 radical (unpaired) electrons. The van der Waals surface area contributed by atoms with Crippen LogP contribution < -0.4 is 5.73 Å². The molecule has 2 unspecified atom stereocenters. The second kappa shape index (κ2) is 6.07. The Bertz CT molecular complexity index is 459. The molecule has 3 rings (SSSR count). The Morgan fingerprint density at radius 2 is 2.24 bits per heavy atom. The van der Waals surface area contributed by atoms with Crippen LogP contribution in [-0.2, 0) is 11.3 Å². The third kappa shape index (κ3) is 3.30. The van der Waals surface area contributed by atoms with E-state index in [4.69, 9.17) is 10.5 Å². The topological polar surface area (TPSA) is 56.3 Å². The molecule has 2 aliphatic heterocycles. The highest BCUT2D eigenvalue weighted by Gasteiger charge is 2.32. The van der Waals surface area contributed by atoms with Crippen molar-refractivity contribution < 1.29 is 4.74 Å². The highest BCUT2D eigenvalue weighted by Crippen LogP contribution is 2.34. The number of hydrogen-bond donors (Lipinski definition) is 1. The van der Waals surface area contributed by atoms with E-state index in [1.165, 1.54) is 31.6 Å². The summed E-state index contributed by atoms with van der Waals surface area (Å²) >= 11 is 0. The first-order valence-electron chi connectivity index (χ1n) is 8.09. The zero-order valence-corrected chi connectivity index (χ0v) is 13.3. The van der Waals surface area contributed by atoms with E-state index in [1.54, 1.807) is 0 Å². The van der Waals surface area contributed by atoms with Crippen LogP contribution in [0.2, 0.25) is 0 Å². The molecule has 118 valence electrons. The molecule has 2 atom stereocenters. The van der Waals surface area contributed by atoms with Crippen molar-refractivity contribution >= 4 is 0 Å². The predicted molar refractivity (Wildman–Crippen MR) is 82.9 cm³/mol. The van der Waals surface area contributed by atoms with Gasteiger partial charge in [0.2, 0.25) is 0 Å². The lowest BCUT2D eigenvalue weighted by atomic mass is 9.80. The Hall–Kier alpha value is -0.910. The van der Waals surface area contributed by atoms with Crippen molar-refractivity contribution in [1.29, 1.82) is 0 Å². The molecule has 2 saturated heterocycles. The van der Waals surface area contributed by atoms with Crippen molar-refractivity contribution in [2.24, 2.45) is 17.1 Å². The molecule has 0 bridgehead atoms. The van der Waals surface area contributed by atoms with Gasteiger partial charge in [-0.3, -0.25) is 0 Å². The van der Waals surface area contributed by atoms with Gasteiger partial charge >= 0.3 is 0 Å². The van der Waals surface area contributed by atoms with Crippen molar-refractivity contribution in [3.63, 3.8) is 0 Å². The third-order valence-corrected chi connectivity index (χ3v) is 5.31. The molecule has 1 aromatic rings. The molecule has 0 amide bonds. The fourth-order valence-corrected chi connectivity index (χ4v) is 3.55. The second-order valence-electron chi connectivity index (χ2n) is 7.21. The minimum atomic E-state index is 0.0462. The molecule has 0 spiro atoms. The number of likely N-dealkylation sites (tertiary alicyclic amines) is 1.